The SMILES string of the molecule is Cc1cccnc1-c1nc2cc(Nc3cncc(N4C[C@@H](N)C[C@H]4CO)n3)ncc2s1. The summed E-state index contributed by atoms with van der Waals surface area (Å²) in [7, 11) is 0. The second-order valence-electron chi connectivity index (χ2n) is 7.60. The summed E-state index contributed by atoms with van der Waals surface area (Å²) in [6.45, 7) is 2.70. The predicted molar refractivity (Wildman–Crippen MR) is 122 cm³/mol. The highest BCUT2D eigenvalue weighted by Crippen LogP contribution is 2.31. The number of pyridine rings is 2. The van der Waals surface area contributed by atoms with E-state index in [-0.39, 0.29) is 18.7 Å². The highest BCUT2D eigenvalue weighted by molar-refractivity contribution is 7.21. The van der Waals surface area contributed by atoms with Crippen molar-refractivity contribution in [3.05, 3.63) is 48.5 Å². The predicted octanol–water partition coefficient (Wildman–Crippen LogP) is 2.49. The van der Waals surface area contributed by atoms with Gasteiger partial charge in [0.15, 0.2) is 5.82 Å². The summed E-state index contributed by atoms with van der Waals surface area (Å²) in [5, 5.41) is 13.7. The molecule has 0 radical (unpaired) electrons. The number of hydrogen-bond donors (Lipinski definition) is 3. The van der Waals surface area contributed by atoms with Gasteiger partial charge in [-0.15, -0.1) is 11.3 Å². The van der Waals surface area contributed by atoms with Crippen LogP contribution in [0.1, 0.15) is 12.0 Å². The van der Waals surface area contributed by atoms with Gasteiger partial charge in [0.05, 0.1) is 35.3 Å². The summed E-state index contributed by atoms with van der Waals surface area (Å²) < 4.78 is 0.988. The van der Waals surface area contributed by atoms with Crippen LogP contribution in [0.15, 0.2) is 43.0 Å². The molecule has 0 amide bonds. The Morgan fingerprint density at radius 1 is 1.23 bits per heavy atom. The number of aliphatic hydroxyl groups excluding tert-OH is 1. The van der Waals surface area contributed by atoms with Crippen molar-refractivity contribution < 1.29 is 5.11 Å². The molecule has 5 rings (SSSR count). The number of aryl methyl sites for hydroxylation is 1. The number of aromatic nitrogens is 5. The molecule has 4 aromatic rings. The Labute approximate surface area is 183 Å². The van der Waals surface area contributed by atoms with Crippen LogP contribution in [0.25, 0.3) is 20.9 Å². The molecule has 0 bridgehead atoms. The quantitative estimate of drug-likeness (QED) is 0.434. The van der Waals surface area contributed by atoms with E-state index >= 15 is 0 Å². The molecule has 4 N–H and O–H groups in total. The number of nitrogens with one attached hydrogen (secondary N) is 1. The monoisotopic (exact) mass is 434 g/mol. The molecule has 31 heavy (non-hydrogen) atoms. The van der Waals surface area contributed by atoms with E-state index in [1.807, 2.05) is 30.0 Å². The van der Waals surface area contributed by atoms with Gasteiger partial charge in [0.2, 0.25) is 0 Å². The Morgan fingerprint density at radius 3 is 2.97 bits per heavy atom. The maximum atomic E-state index is 9.64. The summed E-state index contributed by atoms with van der Waals surface area (Å²) in [6, 6.07) is 5.81. The van der Waals surface area contributed by atoms with Crippen molar-refractivity contribution in [1.29, 1.82) is 0 Å². The fourth-order valence-electron chi connectivity index (χ4n) is 3.81. The molecule has 1 aliphatic rings. The van der Waals surface area contributed by atoms with Crippen LogP contribution < -0.4 is 16.0 Å². The lowest BCUT2D eigenvalue weighted by Gasteiger charge is -2.23. The van der Waals surface area contributed by atoms with E-state index < -0.39 is 0 Å². The number of thiazole rings is 1. The fourth-order valence-corrected chi connectivity index (χ4v) is 4.78. The zero-order chi connectivity index (χ0) is 21.4. The Kier molecular flexibility index (Phi) is 5.18. The number of nitrogens with zero attached hydrogens (tertiary/aromatic N) is 6. The third-order valence-corrected chi connectivity index (χ3v) is 6.33. The highest BCUT2D eigenvalue weighted by Gasteiger charge is 2.30. The zero-order valence-corrected chi connectivity index (χ0v) is 17.8. The Balaban J connectivity index is 1.40. The molecular formula is C21H22N8OS. The van der Waals surface area contributed by atoms with Gasteiger partial charge < -0.3 is 21.1 Å². The van der Waals surface area contributed by atoms with Crippen LogP contribution in [0.2, 0.25) is 0 Å². The molecule has 10 heteroatoms. The number of aliphatic hydroxyl groups is 1. The Bertz CT molecular complexity index is 1230. The van der Waals surface area contributed by atoms with E-state index in [4.69, 9.17) is 10.7 Å². The van der Waals surface area contributed by atoms with Crippen LogP contribution >= 0.6 is 11.3 Å². The molecule has 1 aliphatic heterocycles. The normalized spacial score (nSPS) is 18.6. The second kappa shape index (κ2) is 8.14. The minimum absolute atomic E-state index is 0.0150. The number of hydrogen-bond acceptors (Lipinski definition) is 10. The lowest BCUT2D eigenvalue weighted by atomic mass is 10.2. The van der Waals surface area contributed by atoms with E-state index in [0.29, 0.717) is 24.0 Å². The molecular weight excluding hydrogens is 412 g/mol. The minimum atomic E-state index is -0.0440. The maximum Gasteiger partial charge on any atom is 0.152 e. The van der Waals surface area contributed by atoms with Gasteiger partial charge in [-0.2, -0.15) is 0 Å². The van der Waals surface area contributed by atoms with Gasteiger partial charge in [-0.05, 0) is 25.0 Å². The fraction of sp³-hybridized carbons (Fsp3) is 0.286. The summed E-state index contributed by atoms with van der Waals surface area (Å²) in [5.41, 5.74) is 8.88. The van der Waals surface area contributed by atoms with E-state index in [1.165, 1.54) is 0 Å². The molecule has 9 nitrogen and oxygen atoms in total. The largest absolute Gasteiger partial charge is 0.394 e. The lowest BCUT2D eigenvalue weighted by molar-refractivity contribution is 0.265. The molecule has 0 unspecified atom stereocenters. The molecule has 0 spiro atoms. The van der Waals surface area contributed by atoms with Gasteiger partial charge in [-0.3, -0.25) is 9.97 Å². The van der Waals surface area contributed by atoms with Crippen molar-refractivity contribution in [1.82, 2.24) is 24.9 Å². The summed E-state index contributed by atoms with van der Waals surface area (Å²) >= 11 is 1.57. The molecule has 5 heterocycles. The maximum absolute atomic E-state index is 9.64. The van der Waals surface area contributed by atoms with E-state index in [1.54, 1.807) is 36.1 Å². The van der Waals surface area contributed by atoms with Crippen molar-refractivity contribution in [2.24, 2.45) is 5.73 Å². The van der Waals surface area contributed by atoms with E-state index in [0.717, 1.165) is 32.9 Å². The minimum Gasteiger partial charge on any atom is -0.394 e. The van der Waals surface area contributed by atoms with Gasteiger partial charge in [0, 0.05) is 31.0 Å². The van der Waals surface area contributed by atoms with Gasteiger partial charge in [0.25, 0.3) is 0 Å². The standard InChI is InChI=1S/C21H22N8OS/c1-12-3-2-4-24-20(12)21-26-15-6-17(25-7-16(15)31-21)27-18-8-23-9-19(28-18)29-10-13(22)5-14(29)11-30/h2-4,6-9,13-14,30H,5,10-11,22H2,1H3,(H,25,27,28)/t13-,14-/m0/s1. The van der Waals surface area contributed by atoms with Crippen LogP contribution in [-0.4, -0.2) is 55.3 Å². The highest BCUT2D eigenvalue weighted by atomic mass is 32.1. The van der Waals surface area contributed by atoms with Gasteiger partial charge in [0.1, 0.15) is 22.3 Å². The van der Waals surface area contributed by atoms with Crippen LogP contribution in [0.5, 0.6) is 0 Å². The van der Waals surface area contributed by atoms with Gasteiger partial charge >= 0.3 is 0 Å². The van der Waals surface area contributed by atoms with E-state index in [2.05, 4.69) is 25.3 Å². The first kappa shape index (κ1) is 19.7. The van der Waals surface area contributed by atoms with Crippen LogP contribution in [-0.2, 0) is 0 Å². The molecule has 0 aliphatic carbocycles. The average molecular weight is 435 g/mol. The molecule has 2 atom stereocenters. The zero-order valence-electron chi connectivity index (χ0n) is 16.9. The number of rotatable bonds is 5. The number of anilines is 3. The third-order valence-electron chi connectivity index (χ3n) is 5.32. The first-order valence-electron chi connectivity index (χ1n) is 10.0. The van der Waals surface area contributed by atoms with Crippen molar-refractivity contribution in [3.63, 3.8) is 0 Å². The molecule has 4 aromatic heterocycles. The van der Waals surface area contributed by atoms with Crippen molar-refractivity contribution in [3.8, 4) is 10.7 Å². The third kappa shape index (κ3) is 3.92. The van der Waals surface area contributed by atoms with Crippen LogP contribution in [0, 0.1) is 6.92 Å². The van der Waals surface area contributed by atoms with Crippen molar-refractivity contribution in [2.75, 3.05) is 23.4 Å². The number of nitrogens with two attached hydrogens (primary N) is 1. The lowest BCUT2D eigenvalue weighted by Crippen LogP contribution is -2.33. The topological polar surface area (TPSA) is 126 Å². The summed E-state index contributed by atoms with van der Waals surface area (Å²) in [4.78, 5) is 24.7. The number of fused-ring (bicyclic) bond motifs is 1. The van der Waals surface area contributed by atoms with Crippen LogP contribution in [0.3, 0.4) is 0 Å². The Morgan fingerprint density at radius 2 is 2.13 bits per heavy atom. The van der Waals surface area contributed by atoms with Gasteiger partial charge in [-0.25, -0.2) is 15.0 Å². The first-order valence-corrected chi connectivity index (χ1v) is 10.8. The molecule has 1 saturated heterocycles. The van der Waals surface area contributed by atoms with Gasteiger partial charge in [-0.1, -0.05) is 6.07 Å². The summed E-state index contributed by atoms with van der Waals surface area (Å²) in [5.74, 6) is 1.88. The van der Waals surface area contributed by atoms with E-state index in [9.17, 15) is 5.11 Å². The molecule has 0 saturated carbocycles. The van der Waals surface area contributed by atoms with Crippen LogP contribution in [0.4, 0.5) is 17.5 Å². The first-order chi connectivity index (χ1) is 15.1. The van der Waals surface area contributed by atoms with Crippen molar-refractivity contribution >= 4 is 39.0 Å². The molecule has 158 valence electrons. The average Bonchev–Trinajstić information content (AvgIpc) is 3.37. The summed E-state index contributed by atoms with van der Waals surface area (Å²) in [6.07, 6.45) is 7.64. The smallest absolute Gasteiger partial charge is 0.152 e. The Hall–Kier alpha value is -3.21. The second-order valence-corrected chi connectivity index (χ2v) is 8.63. The molecule has 0 aromatic carbocycles. The van der Waals surface area contributed by atoms with Crippen molar-refractivity contribution in [2.45, 2.75) is 25.4 Å². The molecule has 1 fully saturated rings.